The maximum atomic E-state index is 10.2. The molecule has 0 radical (unpaired) electrons. The van der Waals surface area contributed by atoms with E-state index in [-0.39, 0.29) is 0 Å². The Morgan fingerprint density at radius 3 is 2.53 bits per heavy atom. The van der Waals surface area contributed by atoms with Gasteiger partial charge in [0.25, 0.3) is 0 Å². The Kier molecular flexibility index (Phi) is 2.90. The smallest absolute Gasteiger partial charge is 0.0914 e. The summed E-state index contributed by atoms with van der Waals surface area (Å²) in [4.78, 5) is 2.40. The van der Waals surface area contributed by atoms with Gasteiger partial charge in [0.15, 0.2) is 0 Å². The molecule has 0 spiro atoms. The molecule has 1 saturated heterocycles. The zero-order chi connectivity index (χ0) is 11.7. The SMILES string of the molecule is OC1(CCN2Cc3ccccc3C2)CCOC1. The van der Waals surface area contributed by atoms with Crippen LogP contribution in [0.3, 0.4) is 0 Å². The molecule has 0 bridgehead atoms. The molecule has 1 aromatic carbocycles. The van der Waals surface area contributed by atoms with Crippen LogP contribution in [0.4, 0.5) is 0 Å². The van der Waals surface area contributed by atoms with Gasteiger partial charge in [0.05, 0.1) is 12.2 Å². The molecule has 3 nitrogen and oxygen atoms in total. The van der Waals surface area contributed by atoms with Crippen LogP contribution in [0.25, 0.3) is 0 Å². The Hall–Kier alpha value is -0.900. The van der Waals surface area contributed by atoms with Crippen molar-refractivity contribution in [2.45, 2.75) is 31.5 Å². The first-order valence-electron chi connectivity index (χ1n) is 6.34. The number of hydrogen-bond donors (Lipinski definition) is 1. The molecule has 1 N–H and O–H groups in total. The van der Waals surface area contributed by atoms with E-state index in [9.17, 15) is 5.11 Å². The van der Waals surface area contributed by atoms with Gasteiger partial charge in [-0.25, -0.2) is 0 Å². The van der Waals surface area contributed by atoms with E-state index in [1.807, 2.05) is 0 Å². The van der Waals surface area contributed by atoms with Crippen LogP contribution in [0.5, 0.6) is 0 Å². The average molecular weight is 233 g/mol. The van der Waals surface area contributed by atoms with Gasteiger partial charge < -0.3 is 9.84 Å². The van der Waals surface area contributed by atoms with E-state index in [0.717, 1.165) is 32.5 Å². The van der Waals surface area contributed by atoms with Crippen molar-refractivity contribution in [2.75, 3.05) is 19.8 Å². The number of benzene rings is 1. The van der Waals surface area contributed by atoms with E-state index >= 15 is 0 Å². The summed E-state index contributed by atoms with van der Waals surface area (Å²) in [5, 5.41) is 10.2. The van der Waals surface area contributed by atoms with Crippen molar-refractivity contribution in [3.05, 3.63) is 35.4 Å². The lowest BCUT2D eigenvalue weighted by atomic mass is 9.99. The zero-order valence-electron chi connectivity index (χ0n) is 10.1. The molecule has 0 amide bonds. The second-order valence-corrected chi connectivity index (χ2v) is 5.26. The highest BCUT2D eigenvalue weighted by Crippen LogP contribution is 2.26. The fourth-order valence-electron chi connectivity index (χ4n) is 2.72. The number of ether oxygens (including phenoxy) is 1. The van der Waals surface area contributed by atoms with Gasteiger partial charge in [-0.1, -0.05) is 24.3 Å². The Labute approximate surface area is 102 Å². The fraction of sp³-hybridized carbons (Fsp3) is 0.571. The largest absolute Gasteiger partial charge is 0.387 e. The van der Waals surface area contributed by atoms with Gasteiger partial charge in [-0.05, 0) is 17.5 Å². The number of rotatable bonds is 3. The lowest BCUT2D eigenvalue weighted by Crippen LogP contribution is -2.33. The minimum Gasteiger partial charge on any atom is -0.387 e. The van der Waals surface area contributed by atoms with Crippen molar-refractivity contribution in [1.29, 1.82) is 0 Å². The molecule has 0 aliphatic carbocycles. The van der Waals surface area contributed by atoms with Crippen molar-refractivity contribution in [1.82, 2.24) is 4.90 Å². The highest BCUT2D eigenvalue weighted by molar-refractivity contribution is 5.30. The van der Waals surface area contributed by atoms with Gasteiger partial charge in [-0.15, -0.1) is 0 Å². The van der Waals surface area contributed by atoms with Crippen molar-refractivity contribution >= 4 is 0 Å². The highest BCUT2D eigenvalue weighted by Gasteiger charge is 2.32. The van der Waals surface area contributed by atoms with Gasteiger partial charge in [0.1, 0.15) is 0 Å². The second kappa shape index (κ2) is 4.41. The van der Waals surface area contributed by atoms with Gasteiger partial charge in [-0.2, -0.15) is 0 Å². The van der Waals surface area contributed by atoms with Crippen molar-refractivity contribution < 1.29 is 9.84 Å². The minimum absolute atomic E-state index is 0.508. The van der Waals surface area contributed by atoms with Crippen LogP contribution in [0.15, 0.2) is 24.3 Å². The molecule has 3 rings (SSSR count). The Bertz CT molecular complexity index is 374. The molecule has 17 heavy (non-hydrogen) atoms. The summed E-state index contributed by atoms with van der Waals surface area (Å²) in [6.07, 6.45) is 1.61. The predicted molar refractivity (Wildman–Crippen MR) is 65.6 cm³/mol. The van der Waals surface area contributed by atoms with E-state index < -0.39 is 5.60 Å². The van der Waals surface area contributed by atoms with E-state index in [4.69, 9.17) is 4.74 Å². The molecule has 0 saturated carbocycles. The number of hydrogen-bond acceptors (Lipinski definition) is 3. The van der Waals surface area contributed by atoms with Crippen molar-refractivity contribution in [3.8, 4) is 0 Å². The van der Waals surface area contributed by atoms with E-state index in [1.54, 1.807) is 0 Å². The molecule has 3 heteroatoms. The molecular formula is C14H19NO2. The molecule has 2 aliphatic heterocycles. The summed E-state index contributed by atoms with van der Waals surface area (Å²) in [5.74, 6) is 0. The van der Waals surface area contributed by atoms with E-state index in [2.05, 4.69) is 29.2 Å². The Morgan fingerprint density at radius 2 is 1.94 bits per heavy atom. The molecular weight excluding hydrogens is 214 g/mol. The first kappa shape index (κ1) is 11.2. The maximum Gasteiger partial charge on any atom is 0.0914 e. The molecule has 0 aromatic heterocycles. The molecule has 2 heterocycles. The van der Waals surface area contributed by atoms with Crippen LogP contribution in [0.1, 0.15) is 24.0 Å². The summed E-state index contributed by atoms with van der Waals surface area (Å²) in [6.45, 7) is 4.21. The highest BCUT2D eigenvalue weighted by atomic mass is 16.5. The quantitative estimate of drug-likeness (QED) is 0.859. The minimum atomic E-state index is -0.575. The third-order valence-corrected chi connectivity index (χ3v) is 3.88. The van der Waals surface area contributed by atoms with Crippen LogP contribution in [0, 0.1) is 0 Å². The third kappa shape index (κ3) is 2.37. The number of aliphatic hydroxyl groups is 1. The Balaban J connectivity index is 1.55. The van der Waals surface area contributed by atoms with Gasteiger partial charge in [0.2, 0.25) is 0 Å². The molecule has 92 valence electrons. The summed E-state index contributed by atoms with van der Waals surface area (Å²) in [7, 11) is 0. The zero-order valence-corrected chi connectivity index (χ0v) is 10.1. The number of nitrogens with zero attached hydrogens (tertiary/aromatic N) is 1. The maximum absolute atomic E-state index is 10.2. The average Bonchev–Trinajstić information content (AvgIpc) is 2.93. The molecule has 1 atom stereocenters. The van der Waals surface area contributed by atoms with E-state index in [0.29, 0.717) is 13.2 Å². The first-order valence-corrected chi connectivity index (χ1v) is 6.34. The van der Waals surface area contributed by atoms with Crippen LogP contribution in [0.2, 0.25) is 0 Å². The topological polar surface area (TPSA) is 32.7 Å². The molecule has 2 aliphatic rings. The normalized spacial score (nSPS) is 28.5. The first-order chi connectivity index (χ1) is 8.25. The lowest BCUT2D eigenvalue weighted by molar-refractivity contribution is 0.0106. The summed E-state index contributed by atoms with van der Waals surface area (Å²) in [5.41, 5.74) is 2.29. The standard InChI is InChI=1S/C14H19NO2/c16-14(6-8-17-11-14)5-7-15-9-12-3-1-2-4-13(12)10-15/h1-4,16H,5-11H2. The van der Waals surface area contributed by atoms with Crippen LogP contribution in [-0.2, 0) is 17.8 Å². The predicted octanol–water partition coefficient (Wildman–Crippen LogP) is 1.54. The van der Waals surface area contributed by atoms with Crippen LogP contribution in [-0.4, -0.2) is 35.4 Å². The van der Waals surface area contributed by atoms with Gasteiger partial charge in [0, 0.05) is 32.7 Å². The number of fused-ring (bicyclic) bond motifs is 1. The summed E-state index contributed by atoms with van der Waals surface area (Å²) in [6, 6.07) is 8.59. The molecule has 1 aromatic rings. The monoisotopic (exact) mass is 233 g/mol. The van der Waals surface area contributed by atoms with Gasteiger partial charge in [-0.3, -0.25) is 4.90 Å². The van der Waals surface area contributed by atoms with E-state index in [1.165, 1.54) is 11.1 Å². The van der Waals surface area contributed by atoms with Crippen molar-refractivity contribution in [2.24, 2.45) is 0 Å². The fourth-order valence-corrected chi connectivity index (χ4v) is 2.72. The Morgan fingerprint density at radius 1 is 1.24 bits per heavy atom. The van der Waals surface area contributed by atoms with Crippen molar-refractivity contribution in [3.63, 3.8) is 0 Å². The lowest BCUT2D eigenvalue weighted by Gasteiger charge is -2.23. The summed E-state index contributed by atoms with van der Waals surface area (Å²) >= 11 is 0. The molecule has 1 unspecified atom stereocenters. The molecule has 1 fully saturated rings. The van der Waals surface area contributed by atoms with Crippen LogP contribution >= 0.6 is 0 Å². The van der Waals surface area contributed by atoms with Gasteiger partial charge >= 0.3 is 0 Å². The third-order valence-electron chi connectivity index (χ3n) is 3.88. The second-order valence-electron chi connectivity index (χ2n) is 5.26. The van der Waals surface area contributed by atoms with Crippen LogP contribution < -0.4 is 0 Å². The summed E-state index contributed by atoms with van der Waals surface area (Å²) < 4.78 is 5.27.